The number of hydrogen-bond acceptors (Lipinski definition) is 4. The molecule has 5 nitrogen and oxygen atoms in total. The lowest BCUT2D eigenvalue weighted by atomic mass is 10.3. The van der Waals surface area contributed by atoms with E-state index < -0.39 is 10.0 Å². The molecule has 0 unspecified atom stereocenters. The number of sulfonamides is 1. The van der Waals surface area contributed by atoms with Gasteiger partial charge in [-0.2, -0.15) is 0 Å². The van der Waals surface area contributed by atoms with E-state index >= 15 is 0 Å². The monoisotopic (exact) mass is 244 g/mol. The molecule has 0 radical (unpaired) electrons. The molecule has 1 rings (SSSR count). The van der Waals surface area contributed by atoms with E-state index in [9.17, 15) is 8.42 Å². The second kappa shape index (κ2) is 5.29. The maximum absolute atomic E-state index is 11.8. The predicted molar refractivity (Wildman–Crippen MR) is 61.8 cm³/mol. The summed E-state index contributed by atoms with van der Waals surface area (Å²) in [6.45, 7) is 1.97. The molecule has 16 heavy (non-hydrogen) atoms. The van der Waals surface area contributed by atoms with Gasteiger partial charge in [0.2, 0.25) is 10.0 Å². The van der Waals surface area contributed by atoms with Crippen LogP contribution in [0.1, 0.15) is 6.92 Å². The minimum Gasteiger partial charge on any atom is -0.497 e. The summed E-state index contributed by atoms with van der Waals surface area (Å²) < 4.78 is 31.0. The summed E-state index contributed by atoms with van der Waals surface area (Å²) in [7, 11) is -1.96. The van der Waals surface area contributed by atoms with E-state index in [2.05, 4.69) is 4.72 Å². The fourth-order valence-corrected chi connectivity index (χ4v) is 2.39. The van der Waals surface area contributed by atoms with Gasteiger partial charge in [0.05, 0.1) is 12.0 Å². The van der Waals surface area contributed by atoms with Crippen LogP contribution >= 0.6 is 0 Å². The summed E-state index contributed by atoms with van der Waals surface area (Å²) in [5.74, 6) is 0.617. The Hall–Kier alpha value is -1.11. The van der Waals surface area contributed by atoms with Gasteiger partial charge in [-0.05, 0) is 31.2 Å². The minimum atomic E-state index is -3.48. The summed E-state index contributed by atoms with van der Waals surface area (Å²) in [4.78, 5) is 0.202. The summed E-state index contributed by atoms with van der Waals surface area (Å²) >= 11 is 0. The van der Waals surface area contributed by atoms with Crippen LogP contribution in [0.3, 0.4) is 0 Å². The van der Waals surface area contributed by atoms with E-state index in [4.69, 9.17) is 10.5 Å². The maximum atomic E-state index is 11.8. The minimum absolute atomic E-state index is 0.202. The van der Waals surface area contributed by atoms with Crippen molar-refractivity contribution >= 4 is 10.0 Å². The number of rotatable bonds is 5. The van der Waals surface area contributed by atoms with Crippen LogP contribution in [-0.2, 0) is 10.0 Å². The second-order valence-electron chi connectivity index (χ2n) is 3.43. The Labute approximate surface area is 95.7 Å². The van der Waals surface area contributed by atoms with Gasteiger partial charge in [-0.25, -0.2) is 13.1 Å². The standard InChI is InChI=1S/C10H16N2O3S/c1-8(7-11)12-16(13,14)10-5-3-9(15-2)4-6-10/h3-6,8,12H,7,11H2,1-2H3/t8-/m1/s1. The Morgan fingerprint density at radius 3 is 2.38 bits per heavy atom. The average molecular weight is 244 g/mol. The van der Waals surface area contributed by atoms with E-state index in [1.807, 2.05) is 0 Å². The Kier molecular flexibility index (Phi) is 4.28. The fourth-order valence-electron chi connectivity index (χ4n) is 1.14. The molecule has 0 aromatic heterocycles. The van der Waals surface area contributed by atoms with Crippen LogP contribution in [-0.4, -0.2) is 28.1 Å². The summed E-state index contributed by atoms with van der Waals surface area (Å²) in [6, 6.07) is 5.89. The lowest BCUT2D eigenvalue weighted by Crippen LogP contribution is -2.37. The Morgan fingerprint density at radius 1 is 1.38 bits per heavy atom. The number of ether oxygens (including phenoxy) is 1. The van der Waals surface area contributed by atoms with Crippen molar-refractivity contribution in [2.24, 2.45) is 5.73 Å². The highest BCUT2D eigenvalue weighted by Crippen LogP contribution is 2.15. The molecule has 0 fully saturated rings. The first kappa shape index (κ1) is 13.0. The van der Waals surface area contributed by atoms with Crippen LogP contribution in [0.15, 0.2) is 29.2 Å². The van der Waals surface area contributed by atoms with Crippen LogP contribution in [0.4, 0.5) is 0 Å². The van der Waals surface area contributed by atoms with Gasteiger partial charge in [-0.15, -0.1) is 0 Å². The molecule has 0 saturated carbocycles. The molecule has 1 aromatic carbocycles. The third-order valence-corrected chi connectivity index (χ3v) is 3.69. The second-order valence-corrected chi connectivity index (χ2v) is 5.15. The Bertz CT molecular complexity index is 428. The van der Waals surface area contributed by atoms with Gasteiger partial charge < -0.3 is 10.5 Å². The highest BCUT2D eigenvalue weighted by Gasteiger charge is 2.16. The Morgan fingerprint density at radius 2 is 1.94 bits per heavy atom. The number of methoxy groups -OCH3 is 1. The van der Waals surface area contributed by atoms with Crippen LogP contribution in [0.25, 0.3) is 0 Å². The zero-order valence-corrected chi connectivity index (χ0v) is 10.1. The highest BCUT2D eigenvalue weighted by atomic mass is 32.2. The van der Waals surface area contributed by atoms with Gasteiger partial charge in [-0.3, -0.25) is 0 Å². The lowest BCUT2D eigenvalue weighted by molar-refractivity contribution is 0.414. The van der Waals surface area contributed by atoms with Gasteiger partial charge in [0.1, 0.15) is 5.75 Å². The molecular formula is C10H16N2O3S. The number of hydrogen-bond donors (Lipinski definition) is 2. The van der Waals surface area contributed by atoms with Crippen molar-refractivity contribution in [3.05, 3.63) is 24.3 Å². The first-order valence-corrected chi connectivity index (χ1v) is 6.34. The molecule has 0 aliphatic heterocycles. The van der Waals surface area contributed by atoms with Crippen molar-refractivity contribution in [2.75, 3.05) is 13.7 Å². The average Bonchev–Trinajstić information content (AvgIpc) is 2.28. The zero-order valence-electron chi connectivity index (χ0n) is 9.30. The summed E-state index contributed by atoms with van der Waals surface area (Å²) in [5.41, 5.74) is 5.36. The predicted octanol–water partition coefficient (Wildman–Crippen LogP) is 0.321. The van der Waals surface area contributed by atoms with Crippen LogP contribution in [0.5, 0.6) is 5.75 Å². The molecule has 0 saturated heterocycles. The first-order valence-electron chi connectivity index (χ1n) is 4.86. The molecule has 3 N–H and O–H groups in total. The molecule has 1 aromatic rings. The molecule has 0 amide bonds. The lowest BCUT2D eigenvalue weighted by Gasteiger charge is -2.12. The SMILES string of the molecule is COc1ccc(S(=O)(=O)N[C@H](C)CN)cc1. The molecule has 0 heterocycles. The van der Waals surface area contributed by atoms with E-state index in [0.717, 1.165) is 0 Å². The molecule has 90 valence electrons. The summed E-state index contributed by atoms with van der Waals surface area (Å²) in [6.07, 6.45) is 0. The number of nitrogens with one attached hydrogen (secondary N) is 1. The van der Waals surface area contributed by atoms with Gasteiger partial charge in [0, 0.05) is 12.6 Å². The largest absolute Gasteiger partial charge is 0.497 e. The van der Waals surface area contributed by atoms with Gasteiger partial charge in [0.25, 0.3) is 0 Å². The molecule has 6 heteroatoms. The highest BCUT2D eigenvalue weighted by molar-refractivity contribution is 7.89. The van der Waals surface area contributed by atoms with Crippen LogP contribution in [0.2, 0.25) is 0 Å². The van der Waals surface area contributed by atoms with E-state index in [1.54, 1.807) is 19.1 Å². The van der Waals surface area contributed by atoms with Crippen LogP contribution < -0.4 is 15.2 Å². The quantitative estimate of drug-likeness (QED) is 0.781. The normalized spacial score (nSPS) is 13.4. The Balaban J connectivity index is 2.90. The molecular weight excluding hydrogens is 228 g/mol. The number of benzene rings is 1. The number of nitrogens with two attached hydrogens (primary N) is 1. The van der Waals surface area contributed by atoms with Crippen molar-refractivity contribution in [3.8, 4) is 5.75 Å². The molecule has 0 aliphatic rings. The van der Waals surface area contributed by atoms with Gasteiger partial charge >= 0.3 is 0 Å². The molecule has 1 atom stereocenters. The van der Waals surface area contributed by atoms with Crippen molar-refractivity contribution in [1.29, 1.82) is 0 Å². The van der Waals surface area contributed by atoms with Crippen molar-refractivity contribution in [1.82, 2.24) is 4.72 Å². The van der Waals surface area contributed by atoms with E-state index in [-0.39, 0.29) is 17.5 Å². The van der Waals surface area contributed by atoms with Gasteiger partial charge in [-0.1, -0.05) is 0 Å². The molecule has 0 aliphatic carbocycles. The third-order valence-electron chi connectivity index (χ3n) is 2.08. The molecule has 0 bridgehead atoms. The zero-order chi connectivity index (χ0) is 12.2. The topological polar surface area (TPSA) is 81.4 Å². The van der Waals surface area contributed by atoms with Crippen molar-refractivity contribution < 1.29 is 13.2 Å². The first-order chi connectivity index (χ1) is 7.49. The van der Waals surface area contributed by atoms with E-state index in [1.165, 1.54) is 19.2 Å². The van der Waals surface area contributed by atoms with E-state index in [0.29, 0.717) is 5.75 Å². The summed E-state index contributed by atoms with van der Waals surface area (Å²) in [5, 5.41) is 0. The van der Waals surface area contributed by atoms with Gasteiger partial charge in [0.15, 0.2) is 0 Å². The van der Waals surface area contributed by atoms with Crippen molar-refractivity contribution in [2.45, 2.75) is 17.9 Å². The maximum Gasteiger partial charge on any atom is 0.240 e. The smallest absolute Gasteiger partial charge is 0.240 e. The molecule has 0 spiro atoms. The van der Waals surface area contributed by atoms with Crippen molar-refractivity contribution in [3.63, 3.8) is 0 Å². The third kappa shape index (κ3) is 3.19. The fraction of sp³-hybridized carbons (Fsp3) is 0.400. The van der Waals surface area contributed by atoms with Crippen LogP contribution in [0, 0.1) is 0 Å².